The van der Waals surface area contributed by atoms with Crippen molar-refractivity contribution < 1.29 is 9.63 Å². The molecular weight excluding hydrogens is 218 g/mol. The lowest BCUT2D eigenvalue weighted by atomic mass is 10.2. The van der Waals surface area contributed by atoms with E-state index < -0.39 is 0 Å². The minimum atomic E-state index is 0.0813. The van der Waals surface area contributed by atoms with Gasteiger partial charge in [-0.05, 0) is 24.3 Å². The van der Waals surface area contributed by atoms with Gasteiger partial charge in [-0.3, -0.25) is 4.98 Å². The number of pyridine rings is 1. The van der Waals surface area contributed by atoms with E-state index in [1.54, 1.807) is 24.5 Å². The second-order valence-electron chi connectivity index (χ2n) is 3.55. The molecule has 0 aliphatic carbocycles. The molecule has 3 aromatic rings. The molecule has 5 nitrogen and oxygen atoms in total. The largest absolute Gasteiger partial charge is 0.504 e. The topological polar surface area (TPSA) is 71.2 Å². The number of nitrogens with one attached hydrogen (secondary N) is 1. The van der Waals surface area contributed by atoms with Crippen LogP contribution in [0.25, 0.3) is 11.0 Å². The van der Waals surface area contributed by atoms with Gasteiger partial charge in [-0.15, -0.1) is 0 Å². The normalized spacial score (nSPS) is 10.6. The predicted octanol–water partition coefficient (Wildman–Crippen LogP) is 2.67. The predicted molar refractivity (Wildman–Crippen MR) is 63.2 cm³/mol. The molecule has 3 rings (SSSR count). The summed E-state index contributed by atoms with van der Waals surface area (Å²) in [6.07, 6.45) is 3.37. The summed E-state index contributed by atoms with van der Waals surface area (Å²) in [5.74, 6) is 0.653. The number of hydrogen-bond acceptors (Lipinski definition) is 5. The van der Waals surface area contributed by atoms with Crippen LogP contribution in [0.1, 0.15) is 0 Å². The molecule has 1 aromatic carbocycles. The van der Waals surface area contributed by atoms with Gasteiger partial charge in [-0.25, -0.2) is 0 Å². The van der Waals surface area contributed by atoms with Gasteiger partial charge in [0.05, 0.1) is 5.39 Å². The summed E-state index contributed by atoms with van der Waals surface area (Å²) < 4.78 is 5.07. The Kier molecular flexibility index (Phi) is 2.15. The number of rotatable bonds is 2. The third-order valence-corrected chi connectivity index (χ3v) is 2.42. The Morgan fingerprint density at radius 2 is 1.94 bits per heavy atom. The molecule has 0 radical (unpaired) electrons. The van der Waals surface area contributed by atoms with Crippen LogP contribution in [0.3, 0.4) is 0 Å². The standard InChI is InChI=1S/C12H9N3O2/c16-10-3-1-2-9-11(10)17-15-12(9)14-8-4-6-13-7-5-8/h1-7,16H,(H,13,14,15). The van der Waals surface area contributed by atoms with Gasteiger partial charge in [-0.2, -0.15) is 0 Å². The Bertz CT molecular complexity index is 649. The number of phenols is 1. The van der Waals surface area contributed by atoms with Crippen LogP contribution in [0, 0.1) is 0 Å². The smallest absolute Gasteiger partial charge is 0.210 e. The van der Waals surface area contributed by atoms with Crippen molar-refractivity contribution in [2.45, 2.75) is 0 Å². The summed E-state index contributed by atoms with van der Waals surface area (Å²) in [6, 6.07) is 8.78. The van der Waals surface area contributed by atoms with E-state index in [-0.39, 0.29) is 5.75 Å². The average Bonchev–Trinajstić information content (AvgIpc) is 2.76. The van der Waals surface area contributed by atoms with E-state index in [9.17, 15) is 5.11 Å². The maximum Gasteiger partial charge on any atom is 0.210 e. The second kappa shape index (κ2) is 3.79. The number of phenolic OH excluding ortho intramolecular Hbond substituents is 1. The maximum atomic E-state index is 9.58. The molecule has 2 aromatic heterocycles. The summed E-state index contributed by atoms with van der Waals surface area (Å²) in [5, 5.41) is 17.3. The summed E-state index contributed by atoms with van der Waals surface area (Å²) in [7, 11) is 0. The fourth-order valence-corrected chi connectivity index (χ4v) is 1.61. The highest BCUT2D eigenvalue weighted by molar-refractivity contribution is 5.93. The molecule has 0 fully saturated rings. The van der Waals surface area contributed by atoms with Crippen LogP contribution < -0.4 is 5.32 Å². The van der Waals surface area contributed by atoms with Gasteiger partial charge in [0.2, 0.25) is 5.58 Å². The van der Waals surface area contributed by atoms with Crippen molar-refractivity contribution in [3.8, 4) is 5.75 Å². The first-order valence-corrected chi connectivity index (χ1v) is 5.09. The number of anilines is 2. The number of benzene rings is 1. The number of aromatic nitrogens is 2. The molecule has 2 heterocycles. The lowest BCUT2D eigenvalue weighted by molar-refractivity contribution is 0.424. The molecule has 0 amide bonds. The van der Waals surface area contributed by atoms with E-state index in [1.807, 2.05) is 18.2 Å². The minimum absolute atomic E-state index is 0.0813. The van der Waals surface area contributed by atoms with Crippen LogP contribution in [0.2, 0.25) is 0 Å². The van der Waals surface area contributed by atoms with Crippen LogP contribution in [-0.2, 0) is 0 Å². The lowest BCUT2D eigenvalue weighted by Crippen LogP contribution is -1.90. The Labute approximate surface area is 96.7 Å². The molecule has 0 atom stereocenters. The fourth-order valence-electron chi connectivity index (χ4n) is 1.61. The Morgan fingerprint density at radius 3 is 2.76 bits per heavy atom. The van der Waals surface area contributed by atoms with E-state index in [2.05, 4.69) is 15.5 Å². The van der Waals surface area contributed by atoms with Gasteiger partial charge < -0.3 is 14.9 Å². The summed E-state index contributed by atoms with van der Waals surface area (Å²) in [6.45, 7) is 0. The molecule has 0 saturated carbocycles. The zero-order chi connectivity index (χ0) is 11.7. The van der Waals surface area contributed by atoms with E-state index >= 15 is 0 Å². The molecule has 0 unspecified atom stereocenters. The monoisotopic (exact) mass is 227 g/mol. The highest BCUT2D eigenvalue weighted by Crippen LogP contribution is 2.30. The molecule has 0 aliphatic heterocycles. The molecule has 5 heteroatoms. The summed E-state index contributed by atoms with van der Waals surface area (Å²) >= 11 is 0. The van der Waals surface area contributed by atoms with E-state index in [4.69, 9.17) is 4.52 Å². The van der Waals surface area contributed by atoms with Crippen molar-refractivity contribution in [3.63, 3.8) is 0 Å². The highest BCUT2D eigenvalue weighted by atomic mass is 16.5. The number of para-hydroxylation sites is 1. The highest BCUT2D eigenvalue weighted by Gasteiger charge is 2.10. The molecule has 2 N–H and O–H groups in total. The van der Waals surface area contributed by atoms with Crippen molar-refractivity contribution in [2.24, 2.45) is 0 Å². The van der Waals surface area contributed by atoms with Crippen LogP contribution in [-0.4, -0.2) is 15.2 Å². The first kappa shape index (κ1) is 9.65. The van der Waals surface area contributed by atoms with Crippen LogP contribution >= 0.6 is 0 Å². The molecule has 0 aliphatic rings. The number of nitrogens with zero attached hydrogens (tertiary/aromatic N) is 2. The Morgan fingerprint density at radius 1 is 1.12 bits per heavy atom. The Balaban J connectivity index is 2.05. The van der Waals surface area contributed by atoms with E-state index in [0.717, 1.165) is 11.1 Å². The number of fused-ring (bicyclic) bond motifs is 1. The van der Waals surface area contributed by atoms with Crippen molar-refractivity contribution >= 4 is 22.5 Å². The van der Waals surface area contributed by atoms with Crippen LogP contribution in [0.5, 0.6) is 5.75 Å². The molecular formula is C12H9N3O2. The van der Waals surface area contributed by atoms with Gasteiger partial charge in [0.1, 0.15) is 0 Å². The number of aromatic hydroxyl groups is 1. The van der Waals surface area contributed by atoms with Gasteiger partial charge in [0.25, 0.3) is 0 Å². The molecule has 0 spiro atoms. The average molecular weight is 227 g/mol. The quantitative estimate of drug-likeness (QED) is 0.704. The zero-order valence-electron chi connectivity index (χ0n) is 8.79. The van der Waals surface area contributed by atoms with E-state index in [1.165, 1.54) is 0 Å². The van der Waals surface area contributed by atoms with Crippen LogP contribution in [0.4, 0.5) is 11.5 Å². The Hall–Kier alpha value is -2.56. The molecule has 0 saturated heterocycles. The minimum Gasteiger partial charge on any atom is -0.504 e. The van der Waals surface area contributed by atoms with Gasteiger partial charge in [0.15, 0.2) is 11.6 Å². The lowest BCUT2D eigenvalue weighted by Gasteiger charge is -2.01. The first-order chi connectivity index (χ1) is 8.34. The first-order valence-electron chi connectivity index (χ1n) is 5.09. The van der Waals surface area contributed by atoms with Crippen molar-refractivity contribution in [2.75, 3.05) is 5.32 Å². The van der Waals surface area contributed by atoms with Crippen molar-refractivity contribution in [3.05, 3.63) is 42.7 Å². The number of hydrogen-bond donors (Lipinski definition) is 2. The molecule has 84 valence electrons. The van der Waals surface area contributed by atoms with E-state index in [0.29, 0.717) is 11.4 Å². The third-order valence-electron chi connectivity index (χ3n) is 2.42. The van der Waals surface area contributed by atoms with Crippen molar-refractivity contribution in [1.29, 1.82) is 0 Å². The summed E-state index contributed by atoms with van der Waals surface area (Å²) in [4.78, 5) is 3.93. The van der Waals surface area contributed by atoms with Crippen LogP contribution in [0.15, 0.2) is 47.2 Å². The molecule has 17 heavy (non-hydrogen) atoms. The summed E-state index contributed by atoms with van der Waals surface area (Å²) in [5.41, 5.74) is 1.24. The third kappa shape index (κ3) is 1.67. The van der Waals surface area contributed by atoms with Crippen molar-refractivity contribution in [1.82, 2.24) is 10.1 Å². The van der Waals surface area contributed by atoms with Gasteiger partial charge >= 0.3 is 0 Å². The maximum absolute atomic E-state index is 9.58. The zero-order valence-corrected chi connectivity index (χ0v) is 8.79. The second-order valence-corrected chi connectivity index (χ2v) is 3.55. The SMILES string of the molecule is Oc1cccc2c(Nc3ccncc3)noc12. The van der Waals surface area contributed by atoms with Gasteiger partial charge in [-0.1, -0.05) is 11.2 Å². The fraction of sp³-hybridized carbons (Fsp3) is 0. The van der Waals surface area contributed by atoms with Gasteiger partial charge in [0, 0.05) is 18.1 Å². The molecule has 0 bridgehead atoms.